The van der Waals surface area contributed by atoms with E-state index in [2.05, 4.69) is 0 Å². The minimum atomic E-state index is -0.630. The van der Waals surface area contributed by atoms with Gasteiger partial charge < -0.3 is 14.9 Å². The van der Waals surface area contributed by atoms with Crippen LogP contribution in [-0.4, -0.2) is 41.1 Å². The van der Waals surface area contributed by atoms with Gasteiger partial charge in [0, 0.05) is 20.2 Å². The maximum atomic E-state index is 12.8. The molecule has 2 aromatic rings. The molecule has 1 aliphatic rings. The van der Waals surface area contributed by atoms with Crippen molar-refractivity contribution in [3.05, 3.63) is 69.7 Å². The fraction of sp³-hybridized carbons (Fsp3) is 0.316. The van der Waals surface area contributed by atoms with Crippen LogP contribution in [0.5, 0.6) is 0 Å². The van der Waals surface area contributed by atoms with E-state index >= 15 is 0 Å². The summed E-state index contributed by atoms with van der Waals surface area (Å²) >= 11 is 12.2. The van der Waals surface area contributed by atoms with Gasteiger partial charge in [0.2, 0.25) is 0 Å². The van der Waals surface area contributed by atoms with Crippen LogP contribution in [-0.2, 0) is 12.1 Å². The van der Waals surface area contributed by atoms with E-state index in [1.54, 1.807) is 29.0 Å². The molecule has 0 bridgehead atoms. The number of amides is 2. The Hall–Kier alpha value is -1.75. The average Bonchev–Trinajstić information content (AvgIpc) is 2.84. The van der Waals surface area contributed by atoms with E-state index in [-0.39, 0.29) is 12.6 Å². The van der Waals surface area contributed by atoms with Crippen molar-refractivity contribution in [2.45, 2.75) is 18.5 Å². The van der Waals surface area contributed by atoms with Crippen molar-refractivity contribution in [2.24, 2.45) is 0 Å². The first-order chi connectivity index (χ1) is 12.0. The first kappa shape index (κ1) is 18.1. The molecule has 0 spiro atoms. The Morgan fingerprint density at radius 1 is 1.12 bits per heavy atom. The summed E-state index contributed by atoms with van der Waals surface area (Å²) in [4.78, 5) is 16.3. The number of carbonyl (C=O) groups is 1. The molecule has 132 valence electrons. The van der Waals surface area contributed by atoms with E-state index in [0.29, 0.717) is 29.6 Å². The van der Waals surface area contributed by atoms with E-state index < -0.39 is 5.54 Å². The Kier molecular flexibility index (Phi) is 5.23. The maximum absolute atomic E-state index is 12.8. The number of aliphatic hydroxyl groups is 1. The van der Waals surface area contributed by atoms with Gasteiger partial charge in [-0.25, -0.2) is 4.79 Å². The van der Waals surface area contributed by atoms with Gasteiger partial charge >= 0.3 is 6.03 Å². The van der Waals surface area contributed by atoms with Gasteiger partial charge in [-0.05, 0) is 29.7 Å². The van der Waals surface area contributed by atoms with Crippen LogP contribution >= 0.6 is 23.2 Å². The van der Waals surface area contributed by atoms with E-state index in [9.17, 15) is 9.90 Å². The molecule has 25 heavy (non-hydrogen) atoms. The minimum absolute atomic E-state index is 0.0307. The van der Waals surface area contributed by atoms with Crippen molar-refractivity contribution >= 4 is 29.2 Å². The van der Waals surface area contributed by atoms with Crippen LogP contribution in [0.25, 0.3) is 0 Å². The average molecular weight is 379 g/mol. The molecule has 1 fully saturated rings. The zero-order valence-corrected chi connectivity index (χ0v) is 15.5. The molecule has 0 saturated carbocycles. The lowest BCUT2D eigenvalue weighted by atomic mass is 9.86. The lowest BCUT2D eigenvalue weighted by Crippen LogP contribution is -2.42. The summed E-state index contributed by atoms with van der Waals surface area (Å²) < 4.78 is 0. The molecular formula is C19H20Cl2N2O2. The molecule has 1 N–H and O–H groups in total. The van der Waals surface area contributed by atoms with Crippen molar-refractivity contribution < 1.29 is 9.90 Å². The number of hydrogen-bond acceptors (Lipinski definition) is 2. The topological polar surface area (TPSA) is 43.8 Å². The number of hydrogen-bond donors (Lipinski definition) is 1. The Morgan fingerprint density at radius 2 is 1.84 bits per heavy atom. The number of nitrogens with zero attached hydrogens (tertiary/aromatic N) is 2. The predicted molar refractivity (Wildman–Crippen MR) is 99.9 cm³/mol. The molecule has 2 aromatic carbocycles. The normalized spacial score (nSPS) is 20.4. The molecule has 0 radical (unpaired) electrons. The Bertz CT molecular complexity index is 769. The van der Waals surface area contributed by atoms with E-state index in [1.807, 2.05) is 36.4 Å². The lowest BCUT2D eigenvalue weighted by molar-refractivity contribution is 0.142. The van der Waals surface area contributed by atoms with Crippen molar-refractivity contribution in [2.75, 3.05) is 20.2 Å². The maximum Gasteiger partial charge on any atom is 0.320 e. The molecule has 6 heteroatoms. The summed E-state index contributed by atoms with van der Waals surface area (Å²) in [6, 6.07) is 15.2. The molecule has 1 saturated heterocycles. The molecule has 1 atom stereocenters. The Labute approximate surface area is 157 Å². The summed E-state index contributed by atoms with van der Waals surface area (Å²) in [5, 5.41) is 10.6. The van der Waals surface area contributed by atoms with Crippen molar-refractivity contribution in [3.63, 3.8) is 0 Å². The smallest absolute Gasteiger partial charge is 0.320 e. The summed E-state index contributed by atoms with van der Waals surface area (Å²) in [5.41, 5.74) is 1.31. The highest BCUT2D eigenvalue weighted by atomic mass is 35.5. The summed E-state index contributed by atoms with van der Waals surface area (Å²) in [6.07, 6.45) is 0.429. The summed E-state index contributed by atoms with van der Waals surface area (Å²) in [5.74, 6) is 0. The van der Waals surface area contributed by atoms with Gasteiger partial charge in [0.05, 0.1) is 22.1 Å². The number of urea groups is 1. The molecule has 0 aliphatic carbocycles. The van der Waals surface area contributed by atoms with Crippen LogP contribution in [0.2, 0.25) is 10.0 Å². The predicted octanol–water partition coefficient (Wildman–Crippen LogP) is 4.14. The second kappa shape index (κ2) is 7.24. The van der Waals surface area contributed by atoms with E-state index in [4.69, 9.17) is 23.2 Å². The van der Waals surface area contributed by atoms with Gasteiger partial charge in [-0.2, -0.15) is 0 Å². The number of halogens is 2. The molecule has 4 nitrogen and oxygen atoms in total. The van der Waals surface area contributed by atoms with Crippen LogP contribution < -0.4 is 0 Å². The first-order valence-electron chi connectivity index (χ1n) is 8.11. The second-order valence-electron chi connectivity index (χ2n) is 6.32. The third-order valence-corrected chi connectivity index (χ3v) is 5.59. The highest BCUT2D eigenvalue weighted by Gasteiger charge is 2.48. The zero-order chi connectivity index (χ0) is 18.0. The van der Waals surface area contributed by atoms with Crippen LogP contribution in [0, 0.1) is 0 Å². The van der Waals surface area contributed by atoms with Gasteiger partial charge in [0.15, 0.2) is 0 Å². The summed E-state index contributed by atoms with van der Waals surface area (Å²) in [7, 11) is 1.77. The number of likely N-dealkylation sites (N-methyl/N-ethyl adjacent to an activating group) is 1. The minimum Gasteiger partial charge on any atom is -0.396 e. The Morgan fingerprint density at radius 3 is 2.48 bits per heavy atom. The van der Waals surface area contributed by atoms with Crippen LogP contribution in [0.15, 0.2) is 48.5 Å². The third kappa shape index (κ3) is 3.34. The molecule has 1 unspecified atom stereocenters. The number of aliphatic hydroxyl groups excluding tert-OH is 1. The van der Waals surface area contributed by atoms with Crippen LogP contribution in [0.4, 0.5) is 4.79 Å². The quantitative estimate of drug-likeness (QED) is 0.849. The summed E-state index contributed by atoms with van der Waals surface area (Å²) in [6.45, 7) is 0.977. The molecule has 1 heterocycles. The molecule has 1 aliphatic heterocycles. The van der Waals surface area contributed by atoms with Gasteiger partial charge in [0.1, 0.15) is 0 Å². The van der Waals surface area contributed by atoms with E-state index in [1.165, 1.54) is 0 Å². The van der Waals surface area contributed by atoms with Crippen LogP contribution in [0.3, 0.4) is 0 Å². The standard InChI is InChI=1S/C19H20Cl2N2O2/c1-22-18(25)23(12-14-5-3-2-4-6-14)13-19(22,9-10-24)15-7-8-16(20)17(21)11-15/h2-8,11,24H,9-10,12-13H2,1H3. The Balaban J connectivity index is 1.95. The first-order valence-corrected chi connectivity index (χ1v) is 8.86. The zero-order valence-electron chi connectivity index (χ0n) is 14.0. The third-order valence-electron chi connectivity index (χ3n) is 4.85. The number of carbonyl (C=O) groups excluding carboxylic acids is 1. The largest absolute Gasteiger partial charge is 0.396 e. The van der Waals surface area contributed by atoms with Gasteiger partial charge in [-0.15, -0.1) is 0 Å². The molecule has 0 aromatic heterocycles. The fourth-order valence-corrected chi connectivity index (χ4v) is 3.76. The SMILES string of the molecule is CN1C(=O)N(Cc2ccccc2)CC1(CCO)c1ccc(Cl)c(Cl)c1. The van der Waals surface area contributed by atoms with Gasteiger partial charge in [-0.3, -0.25) is 0 Å². The number of rotatable bonds is 5. The highest BCUT2D eigenvalue weighted by molar-refractivity contribution is 6.42. The molecular weight excluding hydrogens is 359 g/mol. The fourth-order valence-electron chi connectivity index (χ4n) is 3.46. The van der Waals surface area contributed by atoms with E-state index in [0.717, 1.165) is 11.1 Å². The van der Waals surface area contributed by atoms with Crippen LogP contribution in [0.1, 0.15) is 17.5 Å². The molecule has 3 rings (SSSR count). The molecule has 2 amide bonds. The number of benzene rings is 2. The van der Waals surface area contributed by atoms with Crippen molar-refractivity contribution in [1.29, 1.82) is 0 Å². The van der Waals surface area contributed by atoms with Gasteiger partial charge in [0.25, 0.3) is 0 Å². The van der Waals surface area contributed by atoms with Crippen molar-refractivity contribution in [3.8, 4) is 0 Å². The monoisotopic (exact) mass is 378 g/mol. The lowest BCUT2D eigenvalue weighted by Gasteiger charge is -2.35. The van der Waals surface area contributed by atoms with Gasteiger partial charge in [-0.1, -0.05) is 59.6 Å². The second-order valence-corrected chi connectivity index (χ2v) is 7.13. The highest BCUT2D eigenvalue weighted by Crippen LogP contribution is 2.40. The van der Waals surface area contributed by atoms with Crippen molar-refractivity contribution in [1.82, 2.24) is 9.80 Å².